The van der Waals surface area contributed by atoms with E-state index in [2.05, 4.69) is 23.1 Å². The van der Waals surface area contributed by atoms with Crippen molar-refractivity contribution in [2.75, 3.05) is 32.8 Å². The van der Waals surface area contributed by atoms with Crippen LogP contribution in [0.25, 0.3) is 0 Å². The standard InChI is InChI=1S/C32H37FN6O5/c1-4-18-36-22-29(40)38-27(12-9-17-34-32(43)44-19-5-2)30(41)37(23(3)25-13-15-26(33)16-14-25)21-28(38)39(36)31(42)35-20-24-10-7-6-8-11-24/h1,5-8,10-11,13-16,23,27-28H,2,9,12,17-22H2,3H3,(H,34,43)(H,35,42). The molecule has 0 bridgehead atoms. The summed E-state index contributed by atoms with van der Waals surface area (Å²) in [5.41, 5.74) is 1.58. The predicted molar refractivity (Wildman–Crippen MR) is 161 cm³/mol. The van der Waals surface area contributed by atoms with Gasteiger partial charge in [-0.25, -0.2) is 19.0 Å². The molecule has 0 aromatic heterocycles. The molecule has 0 spiro atoms. The number of hydrogen-bond acceptors (Lipinski definition) is 6. The van der Waals surface area contributed by atoms with Crippen LogP contribution in [0.2, 0.25) is 0 Å². The molecule has 11 nitrogen and oxygen atoms in total. The van der Waals surface area contributed by atoms with Crippen LogP contribution in [0.1, 0.15) is 36.9 Å². The summed E-state index contributed by atoms with van der Waals surface area (Å²) >= 11 is 0. The van der Waals surface area contributed by atoms with Gasteiger partial charge in [-0.05, 0) is 43.0 Å². The molecule has 4 rings (SSSR count). The van der Waals surface area contributed by atoms with Crippen LogP contribution in [-0.4, -0.2) is 88.7 Å². The Morgan fingerprint density at radius 2 is 1.89 bits per heavy atom. The highest BCUT2D eigenvalue weighted by atomic mass is 19.1. The number of benzene rings is 2. The second-order valence-electron chi connectivity index (χ2n) is 10.5. The maximum Gasteiger partial charge on any atom is 0.407 e. The second kappa shape index (κ2) is 15.0. The summed E-state index contributed by atoms with van der Waals surface area (Å²) in [6.07, 6.45) is 6.16. The predicted octanol–water partition coefficient (Wildman–Crippen LogP) is 3.02. The molecule has 2 aliphatic rings. The van der Waals surface area contributed by atoms with Gasteiger partial charge in [-0.15, -0.1) is 6.42 Å². The van der Waals surface area contributed by atoms with Gasteiger partial charge in [0.15, 0.2) is 0 Å². The third-order valence-electron chi connectivity index (χ3n) is 7.62. The van der Waals surface area contributed by atoms with E-state index in [-0.39, 0.29) is 57.6 Å². The van der Waals surface area contributed by atoms with Gasteiger partial charge in [0.1, 0.15) is 24.6 Å². The van der Waals surface area contributed by atoms with E-state index in [1.54, 1.807) is 17.0 Å². The highest BCUT2D eigenvalue weighted by molar-refractivity contribution is 5.91. The number of nitrogens with one attached hydrogen (secondary N) is 2. The lowest BCUT2D eigenvalue weighted by Gasteiger charge is -2.55. The Bertz CT molecular complexity index is 1380. The van der Waals surface area contributed by atoms with Crippen LogP contribution in [0.5, 0.6) is 0 Å². The van der Waals surface area contributed by atoms with Crippen molar-refractivity contribution in [2.24, 2.45) is 0 Å². The Morgan fingerprint density at radius 3 is 2.57 bits per heavy atom. The lowest BCUT2D eigenvalue weighted by molar-refractivity contribution is -0.191. The molecule has 2 aliphatic heterocycles. The number of fused-ring (bicyclic) bond motifs is 1. The first-order valence-corrected chi connectivity index (χ1v) is 14.4. The summed E-state index contributed by atoms with van der Waals surface area (Å²) in [5, 5.41) is 8.48. The fourth-order valence-electron chi connectivity index (χ4n) is 5.47. The van der Waals surface area contributed by atoms with E-state index in [1.165, 1.54) is 33.1 Å². The summed E-state index contributed by atoms with van der Waals surface area (Å²) in [5.74, 6) is 1.47. The summed E-state index contributed by atoms with van der Waals surface area (Å²) in [7, 11) is 0. The lowest BCUT2D eigenvalue weighted by Crippen LogP contribution is -2.76. The second-order valence-corrected chi connectivity index (χ2v) is 10.5. The van der Waals surface area contributed by atoms with Crippen LogP contribution in [-0.2, 0) is 20.9 Å². The van der Waals surface area contributed by atoms with E-state index in [0.29, 0.717) is 12.0 Å². The number of halogens is 1. The van der Waals surface area contributed by atoms with Gasteiger partial charge in [-0.2, -0.15) is 5.01 Å². The topological polar surface area (TPSA) is 115 Å². The number of terminal acetylenes is 1. The molecule has 2 heterocycles. The number of amides is 5. The quantitative estimate of drug-likeness (QED) is 0.232. The van der Waals surface area contributed by atoms with Gasteiger partial charge >= 0.3 is 12.1 Å². The van der Waals surface area contributed by atoms with Gasteiger partial charge in [-0.3, -0.25) is 9.59 Å². The third-order valence-corrected chi connectivity index (χ3v) is 7.62. The molecule has 5 amide bonds. The molecule has 3 atom stereocenters. The van der Waals surface area contributed by atoms with Crippen LogP contribution >= 0.6 is 0 Å². The van der Waals surface area contributed by atoms with Crippen LogP contribution in [0.3, 0.4) is 0 Å². The third kappa shape index (κ3) is 7.54. The van der Waals surface area contributed by atoms with Crippen LogP contribution in [0, 0.1) is 18.2 Å². The Morgan fingerprint density at radius 1 is 1.16 bits per heavy atom. The Kier molecular flexibility index (Phi) is 10.9. The number of carbonyl (C=O) groups is 4. The van der Waals surface area contributed by atoms with Gasteiger partial charge in [-0.1, -0.05) is 61.0 Å². The van der Waals surface area contributed by atoms with E-state index in [9.17, 15) is 23.6 Å². The average Bonchev–Trinajstić information content (AvgIpc) is 3.02. The number of alkyl carbamates (subject to hydrolysis) is 1. The molecule has 12 heteroatoms. The number of rotatable bonds is 11. The maximum absolute atomic E-state index is 14.0. The highest BCUT2D eigenvalue weighted by Crippen LogP contribution is 2.33. The fourth-order valence-corrected chi connectivity index (χ4v) is 5.47. The van der Waals surface area contributed by atoms with E-state index in [1.807, 2.05) is 37.3 Å². The molecule has 232 valence electrons. The number of urea groups is 1. The molecule has 2 N–H and O–H groups in total. The van der Waals surface area contributed by atoms with Crippen molar-refractivity contribution >= 4 is 23.9 Å². The van der Waals surface area contributed by atoms with E-state index >= 15 is 0 Å². The first kappa shape index (κ1) is 32.0. The number of hydrazine groups is 1. The van der Waals surface area contributed by atoms with E-state index in [0.717, 1.165) is 5.56 Å². The average molecular weight is 605 g/mol. The van der Waals surface area contributed by atoms with Crippen LogP contribution < -0.4 is 10.6 Å². The minimum absolute atomic E-state index is 0.00228. The summed E-state index contributed by atoms with van der Waals surface area (Å²) in [4.78, 5) is 56.4. The minimum atomic E-state index is -0.924. The molecule has 0 aliphatic carbocycles. The SMILES string of the molecule is C#CCN1CC(=O)N2C(CCCNC(=O)OCC=C)C(=O)N(C(C)c3ccc(F)cc3)CC2N1C(=O)NCc1ccccc1. The van der Waals surface area contributed by atoms with Gasteiger partial charge in [0, 0.05) is 13.1 Å². The molecule has 0 radical (unpaired) electrons. The lowest BCUT2D eigenvalue weighted by atomic mass is 9.98. The van der Waals surface area contributed by atoms with Gasteiger partial charge < -0.3 is 25.2 Å². The number of nitrogens with zero attached hydrogens (tertiary/aromatic N) is 4. The van der Waals surface area contributed by atoms with Gasteiger partial charge in [0.05, 0.1) is 25.7 Å². The Balaban J connectivity index is 1.62. The van der Waals surface area contributed by atoms with E-state index in [4.69, 9.17) is 11.2 Å². The Hall–Kier alpha value is -4.89. The first-order chi connectivity index (χ1) is 21.2. The first-order valence-electron chi connectivity index (χ1n) is 14.4. The Labute approximate surface area is 256 Å². The number of piperazine rings is 1. The fraction of sp³-hybridized carbons (Fsp3) is 0.375. The zero-order valence-electron chi connectivity index (χ0n) is 24.7. The normalized spacial score (nSPS) is 19.1. The number of carbonyl (C=O) groups excluding carboxylic acids is 4. The number of ether oxygens (including phenoxy) is 1. The molecular formula is C32H37FN6O5. The van der Waals surface area contributed by atoms with Crippen molar-refractivity contribution in [3.8, 4) is 12.3 Å². The molecule has 3 unspecified atom stereocenters. The van der Waals surface area contributed by atoms with Crippen molar-refractivity contribution < 1.29 is 28.3 Å². The molecule has 2 aromatic carbocycles. The molecule has 2 aromatic rings. The summed E-state index contributed by atoms with van der Waals surface area (Å²) < 4.78 is 18.6. The minimum Gasteiger partial charge on any atom is -0.445 e. The molecule has 2 fully saturated rings. The summed E-state index contributed by atoms with van der Waals surface area (Å²) in [6.45, 7) is 5.63. The smallest absolute Gasteiger partial charge is 0.407 e. The zero-order valence-corrected chi connectivity index (χ0v) is 24.7. The van der Waals surface area contributed by atoms with Crippen molar-refractivity contribution in [1.29, 1.82) is 0 Å². The van der Waals surface area contributed by atoms with Crippen LogP contribution in [0.15, 0.2) is 67.3 Å². The van der Waals surface area contributed by atoms with Gasteiger partial charge in [0.25, 0.3) is 0 Å². The zero-order chi connectivity index (χ0) is 31.6. The highest BCUT2D eigenvalue weighted by Gasteiger charge is 2.52. The summed E-state index contributed by atoms with van der Waals surface area (Å²) in [6, 6.07) is 13.4. The van der Waals surface area contributed by atoms with Crippen molar-refractivity contribution in [2.45, 2.75) is 44.6 Å². The van der Waals surface area contributed by atoms with Gasteiger partial charge in [0.2, 0.25) is 11.8 Å². The van der Waals surface area contributed by atoms with E-state index < -0.39 is 36.2 Å². The van der Waals surface area contributed by atoms with Crippen molar-refractivity contribution in [3.05, 3.63) is 84.2 Å². The molecule has 44 heavy (non-hydrogen) atoms. The molecule has 2 saturated heterocycles. The largest absolute Gasteiger partial charge is 0.445 e. The maximum atomic E-state index is 14.0. The van der Waals surface area contributed by atoms with Crippen molar-refractivity contribution in [1.82, 2.24) is 30.5 Å². The molecular weight excluding hydrogens is 567 g/mol. The molecule has 0 saturated carbocycles. The van der Waals surface area contributed by atoms with Crippen molar-refractivity contribution in [3.63, 3.8) is 0 Å². The number of hydrogen-bond donors (Lipinski definition) is 2. The van der Waals surface area contributed by atoms with Crippen LogP contribution in [0.4, 0.5) is 14.0 Å². The monoisotopic (exact) mass is 604 g/mol.